The lowest BCUT2D eigenvalue weighted by atomic mass is 9.88. The Labute approximate surface area is 93.4 Å². The van der Waals surface area contributed by atoms with Crippen LogP contribution in [0.3, 0.4) is 0 Å². The van der Waals surface area contributed by atoms with Gasteiger partial charge in [0, 0.05) is 6.61 Å². The summed E-state index contributed by atoms with van der Waals surface area (Å²) in [4.78, 5) is 0. The van der Waals surface area contributed by atoms with Gasteiger partial charge >= 0.3 is 0 Å². The van der Waals surface area contributed by atoms with Crippen molar-refractivity contribution in [1.82, 2.24) is 0 Å². The van der Waals surface area contributed by atoms with Gasteiger partial charge in [-0.05, 0) is 37.5 Å². The van der Waals surface area contributed by atoms with Crippen molar-refractivity contribution >= 4 is 0 Å². The zero-order valence-electron chi connectivity index (χ0n) is 9.17. The predicted octanol–water partition coefficient (Wildman–Crippen LogP) is 2.53. The van der Waals surface area contributed by atoms with E-state index < -0.39 is 23.3 Å². The average Bonchev–Trinajstić information content (AvgIpc) is 2.70. The summed E-state index contributed by atoms with van der Waals surface area (Å²) in [5, 5.41) is 0. The van der Waals surface area contributed by atoms with Gasteiger partial charge in [-0.1, -0.05) is 6.07 Å². The van der Waals surface area contributed by atoms with Gasteiger partial charge in [0.05, 0.1) is 11.6 Å². The summed E-state index contributed by atoms with van der Waals surface area (Å²) in [6.45, 7) is 2.58. The number of halogens is 2. The normalized spacial score (nSPS) is 27.0. The molecule has 0 amide bonds. The first kappa shape index (κ1) is 11.5. The molecule has 0 aromatic heterocycles. The molecule has 2 nitrogen and oxygen atoms in total. The van der Waals surface area contributed by atoms with E-state index in [1.54, 1.807) is 0 Å². The molecule has 1 aromatic rings. The van der Waals surface area contributed by atoms with Gasteiger partial charge in [0.2, 0.25) is 0 Å². The molecule has 1 fully saturated rings. The van der Waals surface area contributed by atoms with E-state index in [2.05, 4.69) is 0 Å². The summed E-state index contributed by atoms with van der Waals surface area (Å²) in [5.41, 5.74) is 6.14. The fraction of sp³-hybridized carbons (Fsp3) is 0.500. The lowest BCUT2D eigenvalue weighted by Crippen LogP contribution is -2.37. The molecule has 0 radical (unpaired) electrons. The Morgan fingerprint density at radius 2 is 2.12 bits per heavy atom. The van der Waals surface area contributed by atoms with E-state index in [9.17, 15) is 8.78 Å². The number of ether oxygens (including phenoxy) is 1. The van der Waals surface area contributed by atoms with Crippen molar-refractivity contribution < 1.29 is 13.5 Å². The van der Waals surface area contributed by atoms with Crippen LogP contribution >= 0.6 is 0 Å². The molecule has 2 rings (SSSR count). The van der Waals surface area contributed by atoms with Gasteiger partial charge in [-0.15, -0.1) is 0 Å². The number of hydrogen-bond acceptors (Lipinski definition) is 2. The maximum Gasteiger partial charge on any atom is 0.159 e. The highest BCUT2D eigenvalue weighted by Gasteiger charge is 2.37. The van der Waals surface area contributed by atoms with Crippen LogP contribution in [0.25, 0.3) is 0 Å². The minimum absolute atomic E-state index is 0.426. The monoisotopic (exact) mass is 227 g/mol. The summed E-state index contributed by atoms with van der Waals surface area (Å²) in [5.74, 6) is -1.72. The fourth-order valence-corrected chi connectivity index (χ4v) is 2.10. The lowest BCUT2D eigenvalue weighted by Gasteiger charge is -2.30. The van der Waals surface area contributed by atoms with E-state index in [1.165, 1.54) is 6.07 Å². The molecule has 1 aromatic carbocycles. The van der Waals surface area contributed by atoms with E-state index >= 15 is 0 Å². The van der Waals surface area contributed by atoms with Crippen LogP contribution in [0.1, 0.15) is 31.4 Å². The summed E-state index contributed by atoms with van der Waals surface area (Å²) in [7, 11) is 0. The lowest BCUT2D eigenvalue weighted by molar-refractivity contribution is -0.00181. The van der Waals surface area contributed by atoms with Crippen LogP contribution in [0.4, 0.5) is 8.78 Å². The van der Waals surface area contributed by atoms with Crippen molar-refractivity contribution in [3.63, 3.8) is 0 Å². The largest absolute Gasteiger partial charge is 0.373 e. The molecule has 2 unspecified atom stereocenters. The molecular formula is C12H15F2NO. The van der Waals surface area contributed by atoms with Crippen LogP contribution in [0.2, 0.25) is 0 Å². The highest BCUT2D eigenvalue weighted by molar-refractivity contribution is 5.23. The minimum atomic E-state index is -0.866. The smallest absolute Gasteiger partial charge is 0.159 e. The highest BCUT2D eigenvalue weighted by Crippen LogP contribution is 2.35. The van der Waals surface area contributed by atoms with Crippen molar-refractivity contribution in [2.24, 2.45) is 5.73 Å². The van der Waals surface area contributed by atoms with Crippen molar-refractivity contribution in [3.8, 4) is 0 Å². The molecule has 0 bridgehead atoms. The molecule has 0 spiro atoms. The molecule has 1 saturated heterocycles. The van der Waals surface area contributed by atoms with E-state index in [0.29, 0.717) is 12.2 Å². The average molecular weight is 227 g/mol. The summed E-state index contributed by atoms with van der Waals surface area (Å²) in [6, 6.07) is 3.33. The molecule has 2 atom stereocenters. The molecule has 0 aliphatic carbocycles. The van der Waals surface area contributed by atoms with Crippen molar-refractivity contribution in [2.75, 3.05) is 6.61 Å². The second kappa shape index (κ2) is 4.11. The Morgan fingerprint density at radius 3 is 2.69 bits per heavy atom. The molecule has 16 heavy (non-hydrogen) atoms. The summed E-state index contributed by atoms with van der Waals surface area (Å²) < 4.78 is 31.5. The number of nitrogens with two attached hydrogens (primary N) is 1. The Balaban J connectivity index is 2.26. The van der Waals surface area contributed by atoms with Gasteiger partial charge in [0.25, 0.3) is 0 Å². The van der Waals surface area contributed by atoms with E-state index in [1.807, 2.05) is 6.92 Å². The van der Waals surface area contributed by atoms with Crippen molar-refractivity contribution in [2.45, 2.75) is 31.4 Å². The van der Waals surface area contributed by atoms with E-state index in [0.717, 1.165) is 25.0 Å². The number of hydrogen-bond donors (Lipinski definition) is 1. The SMILES string of the molecule is CC1(C(N)c2ccc(F)c(F)c2)CCCO1. The summed E-state index contributed by atoms with van der Waals surface area (Å²) >= 11 is 0. The van der Waals surface area contributed by atoms with Crippen molar-refractivity contribution in [1.29, 1.82) is 0 Å². The number of rotatable bonds is 2. The first-order valence-corrected chi connectivity index (χ1v) is 5.37. The molecule has 2 N–H and O–H groups in total. The van der Waals surface area contributed by atoms with Gasteiger partial charge < -0.3 is 10.5 Å². The van der Waals surface area contributed by atoms with E-state index in [4.69, 9.17) is 10.5 Å². The molecule has 1 heterocycles. The third kappa shape index (κ3) is 1.95. The van der Waals surface area contributed by atoms with Crippen LogP contribution in [0.15, 0.2) is 18.2 Å². The molecule has 1 aliphatic rings. The van der Waals surface area contributed by atoms with Crippen LogP contribution in [0.5, 0.6) is 0 Å². The molecular weight excluding hydrogens is 212 g/mol. The third-order valence-corrected chi connectivity index (χ3v) is 3.21. The van der Waals surface area contributed by atoms with Crippen LogP contribution in [-0.4, -0.2) is 12.2 Å². The Bertz CT molecular complexity index is 389. The van der Waals surface area contributed by atoms with Crippen LogP contribution in [-0.2, 0) is 4.74 Å². The van der Waals surface area contributed by atoms with Crippen LogP contribution in [0, 0.1) is 11.6 Å². The quantitative estimate of drug-likeness (QED) is 0.842. The third-order valence-electron chi connectivity index (χ3n) is 3.21. The van der Waals surface area contributed by atoms with Gasteiger partial charge in [0.1, 0.15) is 0 Å². The molecule has 0 saturated carbocycles. The zero-order valence-corrected chi connectivity index (χ0v) is 9.17. The second-order valence-electron chi connectivity index (χ2n) is 4.42. The summed E-state index contributed by atoms with van der Waals surface area (Å²) in [6.07, 6.45) is 1.79. The minimum Gasteiger partial charge on any atom is -0.373 e. The maximum absolute atomic E-state index is 13.1. The standard InChI is InChI=1S/C12H15F2NO/c1-12(5-2-6-16-12)11(15)8-3-4-9(13)10(14)7-8/h3-4,7,11H,2,5-6,15H2,1H3. The van der Waals surface area contributed by atoms with Gasteiger partial charge in [-0.2, -0.15) is 0 Å². The Kier molecular flexibility index (Phi) is 2.95. The van der Waals surface area contributed by atoms with E-state index in [-0.39, 0.29) is 0 Å². The maximum atomic E-state index is 13.1. The molecule has 88 valence electrons. The Morgan fingerprint density at radius 1 is 1.38 bits per heavy atom. The predicted molar refractivity (Wildman–Crippen MR) is 56.9 cm³/mol. The Hall–Kier alpha value is -1.00. The molecule has 4 heteroatoms. The first-order chi connectivity index (χ1) is 7.53. The van der Waals surface area contributed by atoms with Crippen LogP contribution < -0.4 is 5.73 Å². The topological polar surface area (TPSA) is 35.2 Å². The molecule has 1 aliphatic heterocycles. The van der Waals surface area contributed by atoms with Crippen molar-refractivity contribution in [3.05, 3.63) is 35.4 Å². The van der Waals surface area contributed by atoms with Gasteiger partial charge in [-0.3, -0.25) is 0 Å². The van der Waals surface area contributed by atoms with Gasteiger partial charge in [-0.25, -0.2) is 8.78 Å². The second-order valence-corrected chi connectivity index (χ2v) is 4.42. The fourth-order valence-electron chi connectivity index (χ4n) is 2.10. The number of benzene rings is 1. The first-order valence-electron chi connectivity index (χ1n) is 5.37. The highest BCUT2D eigenvalue weighted by atomic mass is 19.2. The zero-order chi connectivity index (χ0) is 11.8. The van der Waals surface area contributed by atoms with Gasteiger partial charge in [0.15, 0.2) is 11.6 Å².